The molecule has 1 aromatic carbocycles. The summed E-state index contributed by atoms with van der Waals surface area (Å²) in [4.78, 5) is 22.3. The van der Waals surface area contributed by atoms with Crippen molar-refractivity contribution in [2.45, 2.75) is 59.0 Å². The fourth-order valence-corrected chi connectivity index (χ4v) is 4.81. The molecular formula is C27H32N4O3. The van der Waals surface area contributed by atoms with Crippen LogP contribution in [-0.4, -0.2) is 43.8 Å². The van der Waals surface area contributed by atoms with Gasteiger partial charge < -0.3 is 9.84 Å². The number of nitrogens with zero attached hydrogens (tertiary/aromatic N) is 4. The van der Waals surface area contributed by atoms with Crippen LogP contribution in [0.25, 0.3) is 22.0 Å². The van der Waals surface area contributed by atoms with Crippen LogP contribution in [0.5, 0.6) is 5.75 Å². The molecule has 0 saturated heterocycles. The largest absolute Gasteiger partial charge is 0.490 e. The van der Waals surface area contributed by atoms with Gasteiger partial charge in [-0.1, -0.05) is 19.9 Å². The van der Waals surface area contributed by atoms with Gasteiger partial charge in [-0.3, -0.25) is 14.9 Å². The van der Waals surface area contributed by atoms with E-state index in [1.165, 1.54) is 4.90 Å². The Morgan fingerprint density at radius 3 is 2.53 bits per heavy atom. The molecule has 1 unspecified atom stereocenters. The van der Waals surface area contributed by atoms with E-state index >= 15 is 0 Å². The minimum absolute atomic E-state index is 0.130. The smallest absolute Gasteiger partial charge is 0.408 e. The minimum atomic E-state index is -0.992. The summed E-state index contributed by atoms with van der Waals surface area (Å²) in [5, 5.41) is 20.8. The maximum atomic E-state index is 12.2. The van der Waals surface area contributed by atoms with Gasteiger partial charge in [0.05, 0.1) is 16.6 Å². The number of hydrogen-bond acceptors (Lipinski definition) is 5. The van der Waals surface area contributed by atoms with Crippen molar-refractivity contribution in [1.82, 2.24) is 14.9 Å². The lowest BCUT2D eigenvalue weighted by molar-refractivity contribution is -0.0109. The molecule has 7 heteroatoms. The standard InChI is InChI=1S/C27H32N4O3/c1-18(2)14-27(6,31(25(32)33)26(3,4)5)17-34-24-8-7-19(13-20(24)15-28)21-9-12-30-23-10-11-29-16-22(21)23/h7-13,16,18H,14,17H2,1-6H3,(H,32,33). The van der Waals surface area contributed by atoms with Gasteiger partial charge in [-0.05, 0) is 75.4 Å². The summed E-state index contributed by atoms with van der Waals surface area (Å²) in [5.41, 5.74) is 1.60. The zero-order chi connectivity index (χ0) is 25.1. The molecule has 3 rings (SSSR count). The first-order valence-corrected chi connectivity index (χ1v) is 11.4. The van der Waals surface area contributed by atoms with Gasteiger partial charge in [0.1, 0.15) is 18.4 Å². The van der Waals surface area contributed by atoms with Crippen LogP contribution in [0.15, 0.2) is 48.9 Å². The van der Waals surface area contributed by atoms with Gasteiger partial charge in [0.15, 0.2) is 0 Å². The number of carbonyl (C=O) groups is 1. The summed E-state index contributed by atoms with van der Waals surface area (Å²) in [5.74, 6) is 0.682. The van der Waals surface area contributed by atoms with Gasteiger partial charge in [0.25, 0.3) is 0 Å². The van der Waals surface area contributed by atoms with Crippen LogP contribution in [0.1, 0.15) is 53.5 Å². The van der Waals surface area contributed by atoms with Crippen molar-refractivity contribution >= 4 is 17.0 Å². The van der Waals surface area contributed by atoms with Crippen molar-refractivity contribution in [3.63, 3.8) is 0 Å². The van der Waals surface area contributed by atoms with Crippen molar-refractivity contribution in [3.8, 4) is 22.9 Å². The Bertz CT molecular complexity index is 1220. The molecule has 1 N–H and O–H groups in total. The Kier molecular flexibility index (Phi) is 7.11. The van der Waals surface area contributed by atoms with E-state index in [-0.39, 0.29) is 12.5 Å². The summed E-state index contributed by atoms with van der Waals surface area (Å²) in [6.45, 7) is 11.8. The van der Waals surface area contributed by atoms with Crippen molar-refractivity contribution in [1.29, 1.82) is 5.26 Å². The lowest BCUT2D eigenvalue weighted by Gasteiger charge is -2.47. The quantitative estimate of drug-likeness (QED) is 0.455. The number of fused-ring (bicyclic) bond motifs is 1. The van der Waals surface area contributed by atoms with Gasteiger partial charge in [0, 0.05) is 29.5 Å². The van der Waals surface area contributed by atoms with Gasteiger partial charge in [-0.2, -0.15) is 5.26 Å². The normalized spacial score (nSPS) is 13.4. The van der Waals surface area contributed by atoms with Crippen LogP contribution in [0.3, 0.4) is 0 Å². The van der Waals surface area contributed by atoms with E-state index in [1.807, 2.05) is 45.9 Å². The van der Waals surface area contributed by atoms with Gasteiger partial charge in [0.2, 0.25) is 0 Å². The fourth-order valence-electron chi connectivity index (χ4n) is 4.81. The highest BCUT2D eigenvalue weighted by Gasteiger charge is 2.43. The molecule has 1 amide bonds. The number of aromatic nitrogens is 2. The van der Waals surface area contributed by atoms with Gasteiger partial charge in [-0.15, -0.1) is 0 Å². The molecule has 0 aliphatic heterocycles. The topological polar surface area (TPSA) is 99.3 Å². The number of nitriles is 1. The predicted molar refractivity (Wildman–Crippen MR) is 133 cm³/mol. The van der Waals surface area contributed by atoms with Crippen LogP contribution in [0, 0.1) is 17.2 Å². The SMILES string of the molecule is CC(C)CC(C)(COc1ccc(-c2ccnc3ccncc23)cc1C#N)N(C(=O)O)C(C)(C)C. The molecule has 2 heterocycles. The zero-order valence-corrected chi connectivity index (χ0v) is 20.7. The molecule has 3 aromatic rings. The first-order valence-electron chi connectivity index (χ1n) is 11.4. The number of pyridine rings is 2. The monoisotopic (exact) mass is 460 g/mol. The van der Waals surface area contributed by atoms with E-state index in [0.717, 1.165) is 22.0 Å². The van der Waals surface area contributed by atoms with Gasteiger partial charge in [-0.25, -0.2) is 4.79 Å². The Morgan fingerprint density at radius 2 is 1.91 bits per heavy atom. The molecular weight excluding hydrogens is 428 g/mol. The molecule has 0 bridgehead atoms. The van der Waals surface area contributed by atoms with E-state index in [9.17, 15) is 15.2 Å². The Morgan fingerprint density at radius 1 is 1.18 bits per heavy atom. The zero-order valence-electron chi connectivity index (χ0n) is 20.7. The highest BCUT2D eigenvalue weighted by molar-refractivity contribution is 5.93. The second kappa shape index (κ2) is 9.68. The van der Waals surface area contributed by atoms with E-state index < -0.39 is 17.2 Å². The average molecular weight is 461 g/mol. The second-order valence-corrected chi connectivity index (χ2v) is 10.2. The molecule has 0 saturated carbocycles. The molecule has 0 radical (unpaired) electrons. The number of rotatable bonds is 7. The Balaban J connectivity index is 1.96. The third kappa shape index (κ3) is 5.28. The third-order valence-electron chi connectivity index (χ3n) is 5.74. The number of hydrogen-bond donors (Lipinski definition) is 1. The predicted octanol–water partition coefficient (Wildman–Crippen LogP) is 6.13. The van der Waals surface area contributed by atoms with E-state index in [4.69, 9.17) is 4.74 Å². The highest BCUT2D eigenvalue weighted by Crippen LogP contribution is 2.34. The molecule has 7 nitrogen and oxygen atoms in total. The summed E-state index contributed by atoms with van der Waals surface area (Å²) in [6, 6.07) is 11.4. The number of ether oxygens (including phenoxy) is 1. The number of benzene rings is 1. The third-order valence-corrected chi connectivity index (χ3v) is 5.74. The van der Waals surface area contributed by atoms with Crippen LogP contribution in [0.4, 0.5) is 4.79 Å². The molecule has 1 atom stereocenters. The maximum Gasteiger partial charge on any atom is 0.408 e. The average Bonchev–Trinajstić information content (AvgIpc) is 2.75. The first kappa shape index (κ1) is 25.0. The molecule has 178 valence electrons. The minimum Gasteiger partial charge on any atom is -0.490 e. The van der Waals surface area contributed by atoms with Crippen LogP contribution in [0.2, 0.25) is 0 Å². The van der Waals surface area contributed by atoms with Crippen molar-refractivity contribution in [2.24, 2.45) is 5.92 Å². The molecule has 0 spiro atoms. The van der Waals surface area contributed by atoms with Crippen LogP contribution < -0.4 is 4.74 Å². The lowest BCUT2D eigenvalue weighted by atomic mass is 9.86. The summed E-state index contributed by atoms with van der Waals surface area (Å²) in [7, 11) is 0. The van der Waals surface area contributed by atoms with Crippen molar-refractivity contribution in [2.75, 3.05) is 6.61 Å². The number of carboxylic acid groups (broad SMARTS) is 1. The van der Waals surface area contributed by atoms with E-state index in [1.54, 1.807) is 30.7 Å². The van der Waals surface area contributed by atoms with E-state index in [2.05, 4.69) is 29.9 Å². The maximum absolute atomic E-state index is 12.2. The highest BCUT2D eigenvalue weighted by atomic mass is 16.5. The van der Waals surface area contributed by atoms with E-state index in [0.29, 0.717) is 17.7 Å². The Hall–Kier alpha value is -3.66. The molecule has 0 fully saturated rings. The Labute approximate surface area is 201 Å². The number of amides is 1. The lowest BCUT2D eigenvalue weighted by Crippen LogP contribution is -2.61. The van der Waals surface area contributed by atoms with Crippen molar-refractivity contribution < 1.29 is 14.6 Å². The summed E-state index contributed by atoms with van der Waals surface area (Å²) >= 11 is 0. The molecule has 0 aliphatic rings. The first-order chi connectivity index (χ1) is 16.0. The molecule has 2 aromatic heterocycles. The molecule has 34 heavy (non-hydrogen) atoms. The second-order valence-electron chi connectivity index (χ2n) is 10.2. The summed E-state index contributed by atoms with van der Waals surface area (Å²) in [6.07, 6.45) is 4.82. The fraction of sp³-hybridized carbons (Fsp3) is 0.407. The van der Waals surface area contributed by atoms with Crippen molar-refractivity contribution in [3.05, 3.63) is 54.5 Å². The molecule has 0 aliphatic carbocycles. The van der Waals surface area contributed by atoms with Crippen LogP contribution in [-0.2, 0) is 0 Å². The van der Waals surface area contributed by atoms with Gasteiger partial charge >= 0.3 is 6.09 Å². The van der Waals surface area contributed by atoms with Crippen LogP contribution >= 0.6 is 0 Å². The summed E-state index contributed by atoms with van der Waals surface area (Å²) < 4.78 is 6.15.